The van der Waals surface area contributed by atoms with Gasteiger partial charge < -0.3 is 15.5 Å². The molecule has 2 N–H and O–H groups in total. The van der Waals surface area contributed by atoms with Gasteiger partial charge in [0.25, 0.3) is 0 Å². The first-order valence-corrected chi connectivity index (χ1v) is 8.64. The first-order valence-electron chi connectivity index (χ1n) is 8.64. The molecular formula is C19H27N3O3. The molecule has 0 radical (unpaired) electrons. The molecule has 6 nitrogen and oxygen atoms in total. The van der Waals surface area contributed by atoms with Gasteiger partial charge in [-0.15, -0.1) is 0 Å². The normalized spacial score (nSPS) is 17.8. The number of hydrogen-bond donors (Lipinski definition) is 2. The Kier molecular flexibility index (Phi) is 5.82. The Labute approximate surface area is 149 Å². The van der Waals surface area contributed by atoms with Crippen LogP contribution in [-0.2, 0) is 14.4 Å². The molecule has 1 saturated heterocycles. The fourth-order valence-electron chi connectivity index (χ4n) is 2.97. The zero-order valence-electron chi connectivity index (χ0n) is 15.4. The van der Waals surface area contributed by atoms with Crippen LogP contribution in [0, 0.1) is 11.3 Å². The van der Waals surface area contributed by atoms with Crippen molar-refractivity contribution < 1.29 is 14.4 Å². The maximum absolute atomic E-state index is 12.6. The van der Waals surface area contributed by atoms with Crippen molar-refractivity contribution in [2.45, 2.75) is 40.5 Å². The highest BCUT2D eigenvalue weighted by atomic mass is 16.2. The Morgan fingerprint density at radius 1 is 1.12 bits per heavy atom. The lowest BCUT2D eigenvalue weighted by Crippen LogP contribution is -2.47. The van der Waals surface area contributed by atoms with Gasteiger partial charge in [-0.1, -0.05) is 26.8 Å². The number of hydrogen-bond acceptors (Lipinski definition) is 3. The molecule has 0 aliphatic carbocycles. The Hall–Kier alpha value is -2.37. The Balaban J connectivity index is 2.01. The Bertz CT molecular complexity index is 664. The Morgan fingerprint density at radius 3 is 2.36 bits per heavy atom. The molecule has 2 rings (SSSR count). The van der Waals surface area contributed by atoms with E-state index in [1.54, 1.807) is 29.2 Å². The number of benzene rings is 1. The number of likely N-dealkylation sites (tertiary alicyclic amines) is 1. The lowest BCUT2D eigenvalue weighted by Gasteiger charge is -2.35. The number of piperidine rings is 1. The van der Waals surface area contributed by atoms with E-state index in [1.165, 1.54) is 6.92 Å². The van der Waals surface area contributed by atoms with E-state index in [-0.39, 0.29) is 23.6 Å². The lowest BCUT2D eigenvalue weighted by molar-refractivity contribution is -0.142. The van der Waals surface area contributed by atoms with E-state index in [0.29, 0.717) is 24.5 Å². The summed E-state index contributed by atoms with van der Waals surface area (Å²) in [6.07, 6.45) is 1.59. The van der Waals surface area contributed by atoms with Gasteiger partial charge in [-0.2, -0.15) is 0 Å². The van der Waals surface area contributed by atoms with Gasteiger partial charge in [0.15, 0.2) is 0 Å². The molecule has 0 saturated carbocycles. The second kappa shape index (κ2) is 7.68. The monoisotopic (exact) mass is 345 g/mol. The van der Waals surface area contributed by atoms with Gasteiger partial charge >= 0.3 is 0 Å². The van der Waals surface area contributed by atoms with Gasteiger partial charge in [0.05, 0.1) is 5.92 Å². The van der Waals surface area contributed by atoms with Gasteiger partial charge in [-0.05, 0) is 31.0 Å². The number of anilines is 2. The predicted molar refractivity (Wildman–Crippen MR) is 98.1 cm³/mol. The zero-order valence-corrected chi connectivity index (χ0v) is 15.4. The molecule has 25 heavy (non-hydrogen) atoms. The summed E-state index contributed by atoms with van der Waals surface area (Å²) in [6, 6.07) is 7.04. The molecule has 1 aliphatic heterocycles. The average molecular weight is 345 g/mol. The predicted octanol–water partition coefficient (Wildman–Crippen LogP) is 2.87. The van der Waals surface area contributed by atoms with E-state index in [2.05, 4.69) is 10.6 Å². The molecule has 1 heterocycles. The largest absolute Gasteiger partial charge is 0.341 e. The van der Waals surface area contributed by atoms with E-state index in [4.69, 9.17) is 0 Å². The van der Waals surface area contributed by atoms with E-state index in [9.17, 15) is 14.4 Å². The molecule has 1 aromatic carbocycles. The van der Waals surface area contributed by atoms with Crippen LogP contribution in [0.15, 0.2) is 24.3 Å². The molecule has 0 aromatic heterocycles. The summed E-state index contributed by atoms with van der Waals surface area (Å²) < 4.78 is 0. The number of carbonyl (C=O) groups is 3. The van der Waals surface area contributed by atoms with E-state index >= 15 is 0 Å². The Morgan fingerprint density at radius 2 is 1.76 bits per heavy atom. The van der Waals surface area contributed by atoms with Crippen LogP contribution in [0.1, 0.15) is 40.5 Å². The molecule has 6 heteroatoms. The molecule has 1 aliphatic rings. The van der Waals surface area contributed by atoms with Crippen molar-refractivity contribution in [2.24, 2.45) is 11.3 Å². The van der Waals surface area contributed by atoms with Crippen LogP contribution in [0.4, 0.5) is 11.4 Å². The summed E-state index contributed by atoms with van der Waals surface area (Å²) >= 11 is 0. The molecule has 1 aromatic rings. The fraction of sp³-hybridized carbons (Fsp3) is 0.526. The summed E-state index contributed by atoms with van der Waals surface area (Å²) in [4.78, 5) is 38.0. The summed E-state index contributed by atoms with van der Waals surface area (Å²) in [5.41, 5.74) is 0.833. The van der Waals surface area contributed by atoms with Crippen molar-refractivity contribution in [1.29, 1.82) is 0 Å². The highest BCUT2D eigenvalue weighted by Crippen LogP contribution is 2.25. The second-order valence-electron chi connectivity index (χ2n) is 7.59. The number of carbonyl (C=O) groups excluding carboxylic acids is 3. The molecule has 1 fully saturated rings. The first kappa shape index (κ1) is 19.0. The van der Waals surface area contributed by atoms with Crippen molar-refractivity contribution >= 4 is 29.1 Å². The zero-order chi connectivity index (χ0) is 18.6. The molecule has 0 spiro atoms. The number of nitrogens with one attached hydrogen (secondary N) is 2. The van der Waals surface area contributed by atoms with Gasteiger partial charge in [0.1, 0.15) is 0 Å². The maximum Gasteiger partial charge on any atom is 0.229 e. The van der Waals surface area contributed by atoms with Crippen LogP contribution in [0.25, 0.3) is 0 Å². The standard InChI is InChI=1S/C19H27N3O3/c1-13(23)20-15-8-5-9-16(11-15)21-17(24)14-7-6-10-22(12-14)18(25)19(2,3)4/h5,8-9,11,14H,6-7,10,12H2,1-4H3,(H,20,23)(H,21,24). The van der Waals surface area contributed by atoms with Gasteiger partial charge in [0, 0.05) is 36.8 Å². The van der Waals surface area contributed by atoms with Crippen molar-refractivity contribution in [2.75, 3.05) is 23.7 Å². The van der Waals surface area contributed by atoms with Crippen molar-refractivity contribution in [1.82, 2.24) is 4.90 Å². The van der Waals surface area contributed by atoms with Crippen LogP contribution in [0.5, 0.6) is 0 Å². The molecule has 1 unspecified atom stereocenters. The fourth-order valence-corrected chi connectivity index (χ4v) is 2.97. The average Bonchev–Trinajstić information content (AvgIpc) is 2.53. The molecule has 1 atom stereocenters. The lowest BCUT2D eigenvalue weighted by atomic mass is 9.91. The molecule has 0 bridgehead atoms. The third-order valence-electron chi connectivity index (χ3n) is 4.17. The summed E-state index contributed by atoms with van der Waals surface area (Å²) in [5, 5.41) is 5.59. The maximum atomic E-state index is 12.6. The number of rotatable bonds is 3. The second-order valence-corrected chi connectivity index (χ2v) is 7.59. The van der Waals surface area contributed by atoms with Crippen LogP contribution in [0.2, 0.25) is 0 Å². The van der Waals surface area contributed by atoms with Gasteiger partial charge in [-0.25, -0.2) is 0 Å². The van der Waals surface area contributed by atoms with E-state index < -0.39 is 5.41 Å². The molecule has 136 valence electrons. The van der Waals surface area contributed by atoms with Gasteiger partial charge in [-0.3, -0.25) is 14.4 Å². The number of nitrogens with zero attached hydrogens (tertiary/aromatic N) is 1. The minimum Gasteiger partial charge on any atom is -0.341 e. The smallest absolute Gasteiger partial charge is 0.229 e. The summed E-state index contributed by atoms with van der Waals surface area (Å²) in [5.74, 6) is -0.388. The minimum absolute atomic E-state index is 0.0812. The van der Waals surface area contributed by atoms with Crippen LogP contribution in [-0.4, -0.2) is 35.7 Å². The van der Waals surface area contributed by atoms with Crippen molar-refractivity contribution in [3.63, 3.8) is 0 Å². The molecule has 3 amide bonds. The highest BCUT2D eigenvalue weighted by molar-refractivity contribution is 5.95. The van der Waals surface area contributed by atoms with Crippen molar-refractivity contribution in [3.05, 3.63) is 24.3 Å². The first-order chi connectivity index (χ1) is 11.7. The van der Waals surface area contributed by atoms with Crippen molar-refractivity contribution in [3.8, 4) is 0 Å². The third-order valence-corrected chi connectivity index (χ3v) is 4.17. The van der Waals surface area contributed by atoms with E-state index in [0.717, 1.165) is 12.8 Å². The minimum atomic E-state index is -0.439. The third kappa shape index (κ3) is 5.31. The summed E-state index contributed by atoms with van der Waals surface area (Å²) in [7, 11) is 0. The number of amides is 3. The van der Waals surface area contributed by atoms with E-state index in [1.807, 2.05) is 20.8 Å². The summed E-state index contributed by atoms with van der Waals surface area (Å²) in [6.45, 7) is 8.28. The molecular weight excluding hydrogens is 318 g/mol. The van der Waals surface area contributed by atoms with Crippen LogP contribution >= 0.6 is 0 Å². The topological polar surface area (TPSA) is 78.5 Å². The highest BCUT2D eigenvalue weighted by Gasteiger charge is 2.33. The van der Waals surface area contributed by atoms with Crippen LogP contribution in [0.3, 0.4) is 0 Å². The SMILES string of the molecule is CC(=O)Nc1cccc(NC(=O)C2CCCN(C(=O)C(C)(C)C)C2)c1. The quantitative estimate of drug-likeness (QED) is 0.884. The van der Waals surface area contributed by atoms with Gasteiger partial charge in [0.2, 0.25) is 17.7 Å². The van der Waals surface area contributed by atoms with Crippen LogP contribution < -0.4 is 10.6 Å².